The summed E-state index contributed by atoms with van der Waals surface area (Å²) in [6.07, 6.45) is -0.129. The van der Waals surface area contributed by atoms with Crippen molar-refractivity contribution in [1.29, 1.82) is 0 Å². The maximum absolute atomic E-state index is 11.2. The highest BCUT2D eigenvalue weighted by Gasteiger charge is 2.40. The average molecular weight is 309 g/mol. The van der Waals surface area contributed by atoms with Crippen molar-refractivity contribution in [3.8, 4) is 5.75 Å². The van der Waals surface area contributed by atoms with Gasteiger partial charge in [0.2, 0.25) is 0 Å². The summed E-state index contributed by atoms with van der Waals surface area (Å²) in [5, 5.41) is 12.0. The molecular weight excluding hydrogens is 286 g/mol. The van der Waals surface area contributed by atoms with Gasteiger partial charge in [-0.2, -0.15) is 0 Å². The normalized spacial score (nSPS) is 25.9. The highest BCUT2D eigenvalue weighted by Crippen LogP contribution is 2.30. The molecule has 0 radical (unpaired) electrons. The summed E-state index contributed by atoms with van der Waals surface area (Å²) in [7, 11) is 3.24. The Labute approximate surface area is 130 Å². The molecule has 0 amide bonds. The lowest BCUT2D eigenvalue weighted by atomic mass is 9.97. The van der Waals surface area contributed by atoms with E-state index in [0.29, 0.717) is 13.0 Å². The van der Waals surface area contributed by atoms with Gasteiger partial charge in [-0.15, -0.1) is 0 Å². The zero-order valence-electron chi connectivity index (χ0n) is 13.1. The van der Waals surface area contributed by atoms with Crippen molar-refractivity contribution < 1.29 is 24.1 Å². The minimum atomic E-state index is -0.912. The molecule has 1 aromatic carbocycles. The Morgan fingerprint density at radius 3 is 2.86 bits per heavy atom. The van der Waals surface area contributed by atoms with E-state index in [-0.39, 0.29) is 5.92 Å². The van der Waals surface area contributed by atoms with Gasteiger partial charge in [-0.05, 0) is 19.0 Å². The topological polar surface area (TPSA) is 77.0 Å². The highest BCUT2D eigenvalue weighted by molar-refractivity contribution is 5.74. The van der Waals surface area contributed by atoms with Gasteiger partial charge in [0.1, 0.15) is 11.8 Å². The molecule has 2 N–H and O–H groups in total. The van der Waals surface area contributed by atoms with Crippen molar-refractivity contribution in [3.63, 3.8) is 0 Å². The lowest BCUT2D eigenvalue weighted by Crippen LogP contribution is -2.46. The number of hydrogen-bond donors (Lipinski definition) is 2. The number of methoxy groups -OCH3 is 1. The predicted octanol–water partition coefficient (Wildman–Crippen LogP) is 1.64. The van der Waals surface area contributed by atoms with Crippen LogP contribution >= 0.6 is 0 Å². The van der Waals surface area contributed by atoms with Gasteiger partial charge in [0, 0.05) is 12.0 Å². The third-order valence-electron chi connectivity index (χ3n) is 3.96. The molecule has 0 aromatic heterocycles. The van der Waals surface area contributed by atoms with Crippen LogP contribution in [0, 0.1) is 5.92 Å². The SMILES string of the molecule is CNC(C(=O)O)[C@@H]1OC(OCc2ccccc2OC)C[C@H]1C. The number of aliphatic carboxylic acids is 1. The van der Waals surface area contributed by atoms with Crippen molar-refractivity contribution in [1.82, 2.24) is 5.32 Å². The highest BCUT2D eigenvalue weighted by atomic mass is 16.7. The molecule has 2 unspecified atom stereocenters. The second-order valence-electron chi connectivity index (χ2n) is 5.47. The number of carbonyl (C=O) groups is 1. The van der Waals surface area contributed by atoms with Crippen LogP contribution in [-0.2, 0) is 20.9 Å². The molecule has 1 aliphatic rings. The monoisotopic (exact) mass is 309 g/mol. The maximum atomic E-state index is 11.2. The van der Waals surface area contributed by atoms with E-state index in [9.17, 15) is 9.90 Å². The van der Waals surface area contributed by atoms with E-state index in [1.54, 1.807) is 14.2 Å². The van der Waals surface area contributed by atoms with E-state index in [0.717, 1.165) is 11.3 Å². The van der Waals surface area contributed by atoms with E-state index in [1.165, 1.54) is 0 Å². The number of carboxylic acid groups (broad SMARTS) is 1. The molecule has 1 fully saturated rings. The number of hydrogen-bond acceptors (Lipinski definition) is 5. The second-order valence-corrected chi connectivity index (χ2v) is 5.47. The number of likely N-dealkylation sites (N-methyl/N-ethyl adjacent to an activating group) is 1. The largest absolute Gasteiger partial charge is 0.496 e. The number of rotatable bonds is 7. The fourth-order valence-electron chi connectivity index (χ4n) is 2.75. The quantitative estimate of drug-likeness (QED) is 0.797. The molecule has 22 heavy (non-hydrogen) atoms. The van der Waals surface area contributed by atoms with Gasteiger partial charge in [-0.1, -0.05) is 25.1 Å². The Bertz CT molecular complexity index is 507. The van der Waals surface area contributed by atoms with Crippen molar-refractivity contribution in [2.24, 2.45) is 5.92 Å². The summed E-state index contributed by atoms with van der Waals surface area (Å²) in [6.45, 7) is 2.34. The first kappa shape index (κ1) is 16.7. The summed E-state index contributed by atoms with van der Waals surface area (Å²) in [6, 6.07) is 6.90. The van der Waals surface area contributed by atoms with Crippen LogP contribution < -0.4 is 10.1 Å². The summed E-state index contributed by atoms with van der Waals surface area (Å²) in [4.78, 5) is 11.2. The van der Waals surface area contributed by atoms with Gasteiger partial charge >= 0.3 is 5.97 Å². The second kappa shape index (κ2) is 7.58. The molecule has 0 aliphatic carbocycles. The molecule has 0 spiro atoms. The minimum Gasteiger partial charge on any atom is -0.496 e. The van der Waals surface area contributed by atoms with Crippen molar-refractivity contribution >= 4 is 5.97 Å². The van der Waals surface area contributed by atoms with Gasteiger partial charge in [0.25, 0.3) is 0 Å². The molecule has 6 nitrogen and oxygen atoms in total. The number of para-hydroxylation sites is 1. The molecule has 1 aromatic rings. The van der Waals surface area contributed by atoms with Gasteiger partial charge < -0.3 is 24.6 Å². The summed E-state index contributed by atoms with van der Waals surface area (Å²) in [5.41, 5.74) is 0.938. The van der Waals surface area contributed by atoms with Gasteiger partial charge in [0.15, 0.2) is 6.29 Å². The van der Waals surface area contributed by atoms with Crippen molar-refractivity contribution in [2.45, 2.75) is 38.4 Å². The minimum absolute atomic E-state index is 0.108. The average Bonchev–Trinajstić information content (AvgIpc) is 2.87. The predicted molar refractivity (Wildman–Crippen MR) is 80.7 cm³/mol. The zero-order chi connectivity index (χ0) is 16.1. The molecule has 6 heteroatoms. The van der Waals surface area contributed by atoms with Crippen LogP contribution in [0.4, 0.5) is 0 Å². The van der Waals surface area contributed by atoms with E-state index in [1.807, 2.05) is 31.2 Å². The Morgan fingerprint density at radius 1 is 1.50 bits per heavy atom. The molecule has 0 bridgehead atoms. The summed E-state index contributed by atoms with van der Waals surface area (Å²) >= 11 is 0. The maximum Gasteiger partial charge on any atom is 0.323 e. The molecule has 1 aliphatic heterocycles. The van der Waals surface area contributed by atoms with Gasteiger partial charge in [-0.25, -0.2) is 0 Å². The lowest BCUT2D eigenvalue weighted by molar-refractivity contribution is -0.160. The number of ether oxygens (including phenoxy) is 3. The van der Waals surface area contributed by atoms with Crippen LogP contribution in [0.15, 0.2) is 24.3 Å². The lowest BCUT2D eigenvalue weighted by Gasteiger charge is -2.22. The third kappa shape index (κ3) is 3.76. The molecule has 4 atom stereocenters. The van der Waals surface area contributed by atoms with Crippen LogP contribution in [0.25, 0.3) is 0 Å². The Balaban J connectivity index is 1.94. The Kier molecular flexibility index (Phi) is 5.76. The summed E-state index contributed by atoms with van der Waals surface area (Å²) < 4.78 is 16.8. The fraction of sp³-hybridized carbons (Fsp3) is 0.562. The zero-order valence-corrected chi connectivity index (χ0v) is 13.1. The van der Waals surface area contributed by atoms with E-state index in [2.05, 4.69) is 5.32 Å². The standard InChI is InChI=1S/C16H23NO5/c1-10-8-13(22-15(10)14(17-2)16(18)19)21-9-11-6-4-5-7-12(11)20-3/h4-7,10,13-15,17H,8-9H2,1-3H3,(H,18,19)/t10-,13?,14?,15-/m1/s1. The molecule has 0 saturated carbocycles. The first-order valence-corrected chi connectivity index (χ1v) is 7.35. The third-order valence-corrected chi connectivity index (χ3v) is 3.96. The van der Waals surface area contributed by atoms with E-state index < -0.39 is 24.4 Å². The Morgan fingerprint density at radius 2 is 2.23 bits per heavy atom. The molecule has 122 valence electrons. The smallest absolute Gasteiger partial charge is 0.323 e. The van der Waals surface area contributed by atoms with Crippen LogP contribution in [0.3, 0.4) is 0 Å². The summed E-state index contributed by atoms with van der Waals surface area (Å²) in [5.74, 6) is -0.0373. The Hall–Kier alpha value is -1.63. The number of carboxylic acids is 1. The van der Waals surface area contributed by atoms with Crippen molar-refractivity contribution in [2.75, 3.05) is 14.2 Å². The molecule has 1 heterocycles. The number of benzene rings is 1. The van der Waals surface area contributed by atoms with E-state index in [4.69, 9.17) is 14.2 Å². The van der Waals surface area contributed by atoms with Crippen LogP contribution in [0.2, 0.25) is 0 Å². The van der Waals surface area contributed by atoms with E-state index >= 15 is 0 Å². The van der Waals surface area contributed by atoms with Crippen LogP contribution in [-0.4, -0.2) is 43.7 Å². The molecule has 1 saturated heterocycles. The molecular formula is C16H23NO5. The van der Waals surface area contributed by atoms with Gasteiger partial charge in [-0.3, -0.25) is 4.79 Å². The first-order chi connectivity index (χ1) is 10.6. The van der Waals surface area contributed by atoms with Crippen LogP contribution in [0.5, 0.6) is 5.75 Å². The first-order valence-electron chi connectivity index (χ1n) is 7.35. The van der Waals surface area contributed by atoms with Gasteiger partial charge in [0.05, 0.1) is 19.8 Å². The van der Waals surface area contributed by atoms with Crippen LogP contribution in [0.1, 0.15) is 18.9 Å². The number of nitrogens with one attached hydrogen (secondary N) is 1. The fourth-order valence-corrected chi connectivity index (χ4v) is 2.75. The molecule has 2 rings (SSSR count). The van der Waals surface area contributed by atoms with Crippen molar-refractivity contribution in [3.05, 3.63) is 29.8 Å².